The quantitative estimate of drug-likeness (QED) is 0.665. The molecule has 0 saturated heterocycles. The fraction of sp³-hybridized carbons (Fsp3) is 0.167. The fourth-order valence-corrected chi connectivity index (χ4v) is 2.31. The van der Waals surface area contributed by atoms with Crippen molar-refractivity contribution in [2.45, 2.75) is 13.0 Å². The number of carbonyl (C=O) groups excluding carboxylic acids is 1. The molecule has 1 unspecified atom stereocenters. The third-order valence-corrected chi connectivity index (χ3v) is 3.59. The molecule has 3 N–H and O–H groups in total. The minimum atomic E-state index is -0.705. The van der Waals surface area contributed by atoms with E-state index in [2.05, 4.69) is 10.3 Å². The first kappa shape index (κ1) is 15.0. The molecule has 1 heterocycles. The van der Waals surface area contributed by atoms with Crippen LogP contribution in [0.4, 0.5) is 15.8 Å². The maximum atomic E-state index is 13.2. The second-order valence-electron chi connectivity index (χ2n) is 4.23. The van der Waals surface area contributed by atoms with Crippen LogP contribution in [0.5, 0.6) is 0 Å². The van der Waals surface area contributed by atoms with Crippen molar-refractivity contribution in [2.75, 3.05) is 5.32 Å². The van der Waals surface area contributed by atoms with Crippen LogP contribution >= 0.6 is 11.3 Å². The van der Waals surface area contributed by atoms with Gasteiger partial charge in [0.25, 0.3) is 11.6 Å². The molecule has 9 heteroatoms. The number of halogens is 1. The summed E-state index contributed by atoms with van der Waals surface area (Å²) in [6.45, 7) is 1.72. The van der Waals surface area contributed by atoms with Gasteiger partial charge >= 0.3 is 0 Å². The molecule has 2 aromatic rings. The van der Waals surface area contributed by atoms with Crippen LogP contribution in [0.2, 0.25) is 0 Å². The zero-order valence-corrected chi connectivity index (χ0v) is 11.7. The van der Waals surface area contributed by atoms with E-state index in [4.69, 9.17) is 5.73 Å². The Bertz CT molecular complexity index is 702. The number of rotatable bonds is 4. The first-order chi connectivity index (χ1) is 9.88. The number of hydrogen-bond donors (Lipinski definition) is 2. The van der Waals surface area contributed by atoms with Crippen LogP contribution in [0.1, 0.15) is 28.5 Å². The fourth-order valence-electron chi connectivity index (χ4n) is 1.55. The van der Waals surface area contributed by atoms with Crippen molar-refractivity contribution in [2.24, 2.45) is 5.73 Å². The van der Waals surface area contributed by atoms with Gasteiger partial charge in [-0.15, -0.1) is 11.3 Å². The van der Waals surface area contributed by atoms with E-state index in [0.29, 0.717) is 5.01 Å². The SMILES string of the molecule is CC(N)c1nc(C(=O)Nc2cc(F)ccc2[N+](=O)[O-])cs1. The molecule has 0 spiro atoms. The third kappa shape index (κ3) is 3.38. The highest BCUT2D eigenvalue weighted by Crippen LogP contribution is 2.26. The normalized spacial score (nSPS) is 12.0. The monoisotopic (exact) mass is 310 g/mol. The standard InChI is InChI=1S/C12H11FN4O3S/c1-6(14)12-16-9(5-21-12)11(18)15-8-4-7(13)2-3-10(8)17(19)20/h2-6H,14H2,1H3,(H,15,18). The minimum absolute atomic E-state index is 0.0749. The van der Waals surface area contributed by atoms with Crippen LogP contribution in [0.25, 0.3) is 0 Å². The Balaban J connectivity index is 2.26. The molecule has 0 bridgehead atoms. The summed E-state index contributed by atoms with van der Waals surface area (Å²) in [7, 11) is 0. The summed E-state index contributed by atoms with van der Waals surface area (Å²) in [6, 6.07) is 2.50. The molecular weight excluding hydrogens is 299 g/mol. The van der Waals surface area contributed by atoms with Crippen molar-refractivity contribution in [3.8, 4) is 0 Å². The maximum absolute atomic E-state index is 13.2. The lowest BCUT2D eigenvalue weighted by Gasteiger charge is -2.04. The highest BCUT2D eigenvalue weighted by atomic mass is 32.1. The van der Waals surface area contributed by atoms with Gasteiger partial charge in [0.15, 0.2) is 0 Å². The van der Waals surface area contributed by atoms with E-state index in [1.165, 1.54) is 16.7 Å². The smallest absolute Gasteiger partial charge is 0.292 e. The van der Waals surface area contributed by atoms with Gasteiger partial charge in [-0.2, -0.15) is 0 Å². The molecule has 1 aromatic heterocycles. The minimum Gasteiger partial charge on any atom is -0.322 e. The van der Waals surface area contributed by atoms with Gasteiger partial charge in [0.1, 0.15) is 22.2 Å². The molecule has 0 aliphatic heterocycles. The van der Waals surface area contributed by atoms with E-state index in [1.54, 1.807) is 6.92 Å². The highest BCUT2D eigenvalue weighted by Gasteiger charge is 2.19. The van der Waals surface area contributed by atoms with Crippen molar-refractivity contribution >= 4 is 28.6 Å². The summed E-state index contributed by atoms with van der Waals surface area (Å²) in [5.74, 6) is -1.35. The van der Waals surface area contributed by atoms with Gasteiger partial charge < -0.3 is 11.1 Å². The topological polar surface area (TPSA) is 111 Å². The van der Waals surface area contributed by atoms with Gasteiger partial charge in [-0.25, -0.2) is 9.37 Å². The van der Waals surface area contributed by atoms with Gasteiger partial charge in [-0.3, -0.25) is 14.9 Å². The number of nitrogens with zero attached hydrogens (tertiary/aromatic N) is 2. The Hall–Kier alpha value is -2.39. The number of aromatic nitrogens is 1. The van der Waals surface area contributed by atoms with Crippen molar-refractivity contribution in [1.29, 1.82) is 0 Å². The largest absolute Gasteiger partial charge is 0.322 e. The molecule has 0 saturated carbocycles. The first-order valence-electron chi connectivity index (χ1n) is 5.84. The summed E-state index contributed by atoms with van der Waals surface area (Å²) in [5, 5.41) is 15.2. The lowest BCUT2D eigenvalue weighted by atomic mass is 10.2. The maximum Gasteiger partial charge on any atom is 0.292 e. The van der Waals surface area contributed by atoms with E-state index < -0.39 is 22.3 Å². The third-order valence-electron chi connectivity index (χ3n) is 2.55. The summed E-state index contributed by atoms with van der Waals surface area (Å²) in [6.07, 6.45) is 0. The molecular formula is C12H11FN4O3S. The Morgan fingerprint density at radius 3 is 2.86 bits per heavy atom. The number of nitro groups is 1. The van der Waals surface area contributed by atoms with Gasteiger partial charge in [0, 0.05) is 17.5 Å². The summed E-state index contributed by atoms with van der Waals surface area (Å²) >= 11 is 1.21. The van der Waals surface area contributed by atoms with Crippen molar-refractivity contribution < 1.29 is 14.1 Å². The Labute approximate surface area is 122 Å². The van der Waals surface area contributed by atoms with Crippen LogP contribution in [0, 0.1) is 15.9 Å². The number of nitro benzene ring substituents is 1. The second-order valence-corrected chi connectivity index (χ2v) is 5.12. The van der Waals surface area contributed by atoms with E-state index in [1.807, 2.05) is 0 Å². The van der Waals surface area contributed by atoms with Crippen molar-refractivity contribution in [3.63, 3.8) is 0 Å². The first-order valence-corrected chi connectivity index (χ1v) is 6.72. The number of benzene rings is 1. The van der Waals surface area contributed by atoms with E-state index in [9.17, 15) is 19.3 Å². The number of nitrogens with one attached hydrogen (secondary N) is 1. The Morgan fingerprint density at radius 1 is 1.57 bits per heavy atom. The number of carbonyl (C=O) groups is 1. The number of hydrogen-bond acceptors (Lipinski definition) is 6. The van der Waals surface area contributed by atoms with Crippen LogP contribution in [0.3, 0.4) is 0 Å². The molecule has 0 aliphatic carbocycles. The number of nitrogens with two attached hydrogens (primary N) is 1. The molecule has 7 nitrogen and oxygen atoms in total. The average molecular weight is 310 g/mol. The molecule has 1 aromatic carbocycles. The predicted octanol–water partition coefficient (Wildman–Crippen LogP) is 2.46. The van der Waals surface area contributed by atoms with Crippen LogP contribution < -0.4 is 11.1 Å². The number of thiazole rings is 1. The van der Waals surface area contributed by atoms with E-state index in [0.717, 1.165) is 18.2 Å². The molecule has 0 fully saturated rings. The van der Waals surface area contributed by atoms with Gasteiger partial charge in [0.05, 0.1) is 11.0 Å². The molecule has 110 valence electrons. The Kier molecular flexibility index (Phi) is 4.24. The highest BCUT2D eigenvalue weighted by molar-refractivity contribution is 7.09. The molecule has 2 rings (SSSR count). The van der Waals surface area contributed by atoms with Crippen LogP contribution in [0.15, 0.2) is 23.6 Å². The van der Waals surface area contributed by atoms with Crippen molar-refractivity contribution in [1.82, 2.24) is 4.98 Å². The predicted molar refractivity (Wildman–Crippen MR) is 75.7 cm³/mol. The van der Waals surface area contributed by atoms with E-state index in [-0.39, 0.29) is 17.4 Å². The summed E-state index contributed by atoms with van der Waals surface area (Å²) in [5.41, 5.74) is 5.10. The molecule has 1 amide bonds. The number of amides is 1. The van der Waals surface area contributed by atoms with Gasteiger partial charge in [0.2, 0.25) is 0 Å². The van der Waals surface area contributed by atoms with E-state index >= 15 is 0 Å². The zero-order valence-electron chi connectivity index (χ0n) is 10.9. The zero-order chi connectivity index (χ0) is 15.6. The summed E-state index contributed by atoms with van der Waals surface area (Å²) in [4.78, 5) is 26.1. The van der Waals surface area contributed by atoms with Gasteiger partial charge in [-0.05, 0) is 13.0 Å². The van der Waals surface area contributed by atoms with Crippen LogP contribution in [-0.4, -0.2) is 15.8 Å². The molecule has 0 aliphatic rings. The van der Waals surface area contributed by atoms with Crippen LogP contribution in [-0.2, 0) is 0 Å². The van der Waals surface area contributed by atoms with Crippen molar-refractivity contribution in [3.05, 3.63) is 50.2 Å². The second kappa shape index (κ2) is 5.94. The average Bonchev–Trinajstić information content (AvgIpc) is 2.88. The summed E-state index contributed by atoms with van der Waals surface area (Å²) < 4.78 is 13.2. The Morgan fingerprint density at radius 2 is 2.29 bits per heavy atom. The lowest BCUT2D eigenvalue weighted by molar-refractivity contribution is -0.384. The molecule has 1 atom stereocenters. The lowest BCUT2D eigenvalue weighted by Crippen LogP contribution is -2.14. The number of anilines is 1. The molecule has 21 heavy (non-hydrogen) atoms. The molecule has 0 radical (unpaired) electrons. The van der Waals surface area contributed by atoms with Gasteiger partial charge in [-0.1, -0.05) is 0 Å².